The number of halogens is 1. The molecule has 1 aromatic rings. The minimum absolute atomic E-state index is 0.00467. The number of aliphatic hydroxyl groups excluding tert-OH is 3. The Morgan fingerprint density at radius 2 is 1.77 bits per heavy atom. The first-order valence-electron chi connectivity index (χ1n) is 11.7. The Morgan fingerprint density at radius 1 is 1.00 bits per heavy atom. The molecule has 4 aliphatic rings. The predicted octanol–water partition coefficient (Wildman–Crippen LogP) is 3.89. The fourth-order valence-electron chi connectivity index (χ4n) is 7.76. The summed E-state index contributed by atoms with van der Waals surface area (Å²) in [5.74, 6) is -0.0709. The van der Waals surface area contributed by atoms with Gasteiger partial charge in [0.1, 0.15) is 0 Å². The number of hydrogen-bond acceptors (Lipinski definition) is 4. The fraction of sp³-hybridized carbons (Fsp3) is 0.760. The summed E-state index contributed by atoms with van der Waals surface area (Å²) in [7, 11) is 0. The summed E-state index contributed by atoms with van der Waals surface area (Å²) >= 11 is 7.45. The third-order valence-electron chi connectivity index (χ3n) is 9.24. The van der Waals surface area contributed by atoms with Gasteiger partial charge in [0.2, 0.25) is 0 Å². The van der Waals surface area contributed by atoms with E-state index in [1.807, 2.05) is 18.2 Å². The minimum atomic E-state index is -0.803. The predicted molar refractivity (Wildman–Crippen MR) is 116 cm³/mol. The second-order valence-electron chi connectivity index (χ2n) is 10.6. The van der Waals surface area contributed by atoms with Gasteiger partial charge >= 0.3 is 0 Å². The summed E-state index contributed by atoms with van der Waals surface area (Å²) in [6, 6.07) is 10.2. The van der Waals surface area contributed by atoms with Crippen LogP contribution in [0.25, 0.3) is 0 Å². The third-order valence-corrected chi connectivity index (χ3v) is 9.96. The average molecular weight is 435 g/mol. The van der Waals surface area contributed by atoms with Gasteiger partial charge in [-0.15, -0.1) is 11.6 Å². The molecule has 0 radical (unpaired) electrons. The molecular formula is C25H35ClO4. The van der Waals surface area contributed by atoms with Gasteiger partial charge in [-0.25, -0.2) is 0 Å². The Hall–Kier alpha value is -0.650. The Bertz CT molecular complexity index is 759. The van der Waals surface area contributed by atoms with Gasteiger partial charge in [0.15, 0.2) is 0 Å². The molecule has 4 aliphatic carbocycles. The van der Waals surface area contributed by atoms with Crippen molar-refractivity contribution in [3.05, 3.63) is 35.9 Å². The van der Waals surface area contributed by atoms with Gasteiger partial charge in [-0.1, -0.05) is 50.1 Å². The van der Waals surface area contributed by atoms with Crippen molar-refractivity contribution in [3.8, 4) is 0 Å². The Balaban J connectivity index is 1.53. The first-order valence-corrected chi connectivity index (χ1v) is 12.1. The number of aliphatic hydroxyl groups is 3. The van der Waals surface area contributed by atoms with Crippen LogP contribution in [0.5, 0.6) is 0 Å². The van der Waals surface area contributed by atoms with E-state index in [-0.39, 0.29) is 35.2 Å². The second kappa shape index (κ2) is 7.74. The molecule has 4 fully saturated rings. The molecule has 30 heavy (non-hydrogen) atoms. The molecule has 166 valence electrons. The SMILES string of the molecule is CC12CC(OCc3ccccc3)C3C(C(O)C(O)C4CCCCC43Cl)C1CCC2O. The Kier molecular flexibility index (Phi) is 5.47. The quantitative estimate of drug-likeness (QED) is 0.631. The number of ether oxygens (including phenoxy) is 1. The average Bonchev–Trinajstić information content (AvgIpc) is 3.04. The van der Waals surface area contributed by atoms with E-state index >= 15 is 0 Å². The smallest absolute Gasteiger partial charge is 0.0847 e. The molecule has 10 unspecified atom stereocenters. The van der Waals surface area contributed by atoms with Gasteiger partial charge in [-0.3, -0.25) is 0 Å². The van der Waals surface area contributed by atoms with Crippen molar-refractivity contribution in [3.63, 3.8) is 0 Å². The van der Waals surface area contributed by atoms with Crippen LogP contribution in [0.15, 0.2) is 30.3 Å². The highest BCUT2D eigenvalue weighted by Crippen LogP contribution is 2.65. The molecule has 1 aromatic carbocycles. The largest absolute Gasteiger partial charge is 0.393 e. The maximum Gasteiger partial charge on any atom is 0.0847 e. The molecule has 3 N–H and O–H groups in total. The summed E-state index contributed by atoms with van der Waals surface area (Å²) in [4.78, 5) is -0.544. The van der Waals surface area contributed by atoms with E-state index in [4.69, 9.17) is 16.3 Å². The van der Waals surface area contributed by atoms with Crippen LogP contribution in [-0.4, -0.2) is 44.6 Å². The number of fused-ring (bicyclic) bond motifs is 5. The summed E-state index contributed by atoms with van der Waals surface area (Å²) in [5, 5.41) is 33.3. The van der Waals surface area contributed by atoms with Crippen molar-refractivity contribution >= 4 is 11.6 Å². The van der Waals surface area contributed by atoms with Gasteiger partial charge in [0.25, 0.3) is 0 Å². The number of benzene rings is 1. The molecule has 0 aliphatic heterocycles. The molecule has 10 atom stereocenters. The highest BCUT2D eigenvalue weighted by Gasteiger charge is 2.68. The molecule has 0 heterocycles. The van der Waals surface area contributed by atoms with Gasteiger partial charge in [-0.2, -0.15) is 0 Å². The zero-order valence-corrected chi connectivity index (χ0v) is 18.5. The topological polar surface area (TPSA) is 69.9 Å². The lowest BCUT2D eigenvalue weighted by molar-refractivity contribution is -0.219. The lowest BCUT2D eigenvalue weighted by Crippen LogP contribution is -2.69. The summed E-state index contributed by atoms with van der Waals surface area (Å²) < 4.78 is 6.57. The monoisotopic (exact) mass is 434 g/mol. The van der Waals surface area contributed by atoms with Crippen LogP contribution in [-0.2, 0) is 11.3 Å². The van der Waals surface area contributed by atoms with Gasteiger partial charge in [0, 0.05) is 11.8 Å². The standard InChI is InChI=1S/C25H35ClO4/c1-24-13-18(30-14-15-7-3-2-4-8-15)21-20(16(24)10-11-19(24)27)23(29)22(28)17-9-5-6-12-25(17,21)26/h2-4,7-8,16-23,27-29H,5-6,9-14H2,1H3. The van der Waals surface area contributed by atoms with Crippen LogP contribution in [0, 0.1) is 29.1 Å². The van der Waals surface area contributed by atoms with Crippen molar-refractivity contribution in [2.75, 3.05) is 0 Å². The number of alkyl halides is 1. The lowest BCUT2D eigenvalue weighted by Gasteiger charge is -2.63. The van der Waals surface area contributed by atoms with E-state index in [2.05, 4.69) is 19.1 Å². The molecule has 0 bridgehead atoms. The van der Waals surface area contributed by atoms with Crippen LogP contribution in [0.3, 0.4) is 0 Å². The van der Waals surface area contributed by atoms with E-state index in [0.717, 1.165) is 50.5 Å². The Morgan fingerprint density at radius 3 is 2.53 bits per heavy atom. The first-order chi connectivity index (χ1) is 14.4. The zero-order valence-electron chi connectivity index (χ0n) is 17.8. The Labute approximate surface area is 184 Å². The van der Waals surface area contributed by atoms with Crippen LogP contribution in [0.4, 0.5) is 0 Å². The zero-order chi connectivity index (χ0) is 21.1. The first kappa shape index (κ1) is 21.2. The number of hydrogen-bond donors (Lipinski definition) is 3. The van der Waals surface area contributed by atoms with Gasteiger partial charge in [-0.05, 0) is 54.9 Å². The molecule has 4 saturated carbocycles. The molecule has 0 amide bonds. The van der Waals surface area contributed by atoms with Crippen molar-refractivity contribution < 1.29 is 20.1 Å². The van der Waals surface area contributed by atoms with E-state index in [1.54, 1.807) is 0 Å². The third kappa shape index (κ3) is 3.09. The normalized spacial score (nSPS) is 50.4. The minimum Gasteiger partial charge on any atom is -0.393 e. The van der Waals surface area contributed by atoms with Gasteiger partial charge < -0.3 is 20.1 Å². The fourth-order valence-corrected chi connectivity index (χ4v) is 8.42. The highest BCUT2D eigenvalue weighted by atomic mass is 35.5. The molecule has 5 heteroatoms. The molecular weight excluding hydrogens is 400 g/mol. The van der Waals surface area contributed by atoms with E-state index in [0.29, 0.717) is 6.61 Å². The number of rotatable bonds is 3. The molecule has 5 rings (SSSR count). The summed E-state index contributed by atoms with van der Waals surface area (Å²) in [5.41, 5.74) is 0.811. The van der Waals surface area contributed by atoms with Crippen LogP contribution in [0.1, 0.15) is 57.4 Å². The van der Waals surface area contributed by atoms with Gasteiger partial charge in [0.05, 0.1) is 35.9 Å². The highest BCUT2D eigenvalue weighted by molar-refractivity contribution is 6.24. The van der Waals surface area contributed by atoms with E-state index in [1.165, 1.54) is 0 Å². The molecule has 0 aromatic heterocycles. The molecule has 0 spiro atoms. The van der Waals surface area contributed by atoms with Crippen molar-refractivity contribution in [1.82, 2.24) is 0 Å². The van der Waals surface area contributed by atoms with E-state index in [9.17, 15) is 15.3 Å². The second-order valence-corrected chi connectivity index (χ2v) is 11.3. The summed E-state index contributed by atoms with van der Waals surface area (Å²) in [6.45, 7) is 2.65. The van der Waals surface area contributed by atoms with Crippen molar-refractivity contribution in [2.24, 2.45) is 29.1 Å². The van der Waals surface area contributed by atoms with E-state index < -0.39 is 23.2 Å². The molecule has 0 saturated heterocycles. The van der Waals surface area contributed by atoms with Crippen LogP contribution < -0.4 is 0 Å². The maximum atomic E-state index is 11.3. The summed E-state index contributed by atoms with van der Waals surface area (Å²) in [6.07, 6.45) is 4.09. The van der Waals surface area contributed by atoms with Crippen molar-refractivity contribution in [1.29, 1.82) is 0 Å². The lowest BCUT2D eigenvalue weighted by atomic mass is 9.47. The van der Waals surface area contributed by atoms with Crippen LogP contribution >= 0.6 is 11.6 Å². The maximum absolute atomic E-state index is 11.3. The van der Waals surface area contributed by atoms with Crippen molar-refractivity contribution in [2.45, 2.75) is 87.8 Å². The van der Waals surface area contributed by atoms with Crippen LogP contribution in [0.2, 0.25) is 0 Å². The molecule has 4 nitrogen and oxygen atoms in total.